The van der Waals surface area contributed by atoms with Gasteiger partial charge in [0, 0.05) is 11.6 Å². The maximum Gasteiger partial charge on any atom is 0.207 e. The number of hydrogen-bond acceptors (Lipinski definition) is 2. The molecule has 3 rings (SSSR count). The highest BCUT2D eigenvalue weighted by Crippen LogP contribution is 2.35. The second kappa shape index (κ2) is 5.60. The maximum atomic E-state index is 12.9. The van der Waals surface area contributed by atoms with Gasteiger partial charge in [-0.05, 0) is 30.7 Å². The predicted molar refractivity (Wildman–Crippen MR) is 83.4 cm³/mol. The van der Waals surface area contributed by atoms with Gasteiger partial charge in [0.2, 0.25) is 5.78 Å². The highest BCUT2D eigenvalue weighted by atomic mass is 19.1. The Bertz CT molecular complexity index is 745. The minimum absolute atomic E-state index is 0.0857. The van der Waals surface area contributed by atoms with Crippen LogP contribution in [0.25, 0.3) is 6.08 Å². The molecule has 0 spiro atoms. The minimum atomic E-state index is -0.982. The van der Waals surface area contributed by atoms with Crippen molar-refractivity contribution in [3.8, 4) is 0 Å². The zero-order chi connectivity index (χ0) is 15.6. The van der Waals surface area contributed by atoms with Gasteiger partial charge in [-0.3, -0.25) is 4.79 Å². The lowest BCUT2D eigenvalue weighted by molar-refractivity contribution is -0.129. The predicted octanol–water partition coefficient (Wildman–Crippen LogP) is 4.24. The number of ketones is 1. The Labute approximate surface area is 128 Å². The number of allylic oxidation sites excluding steroid dienone is 1. The molecule has 0 saturated heterocycles. The highest BCUT2D eigenvalue weighted by molar-refractivity contribution is 6.00. The molecule has 2 nitrogen and oxygen atoms in total. The topological polar surface area (TPSA) is 26.3 Å². The van der Waals surface area contributed by atoms with E-state index >= 15 is 0 Å². The molecular weight excluding hydrogens is 279 g/mol. The summed E-state index contributed by atoms with van der Waals surface area (Å²) in [6.07, 6.45) is 5.00. The SMILES string of the molecule is CC1(c2ccccc2)OC(/C=C/c2ccc(F)cc2)=CC1=O. The van der Waals surface area contributed by atoms with Crippen molar-refractivity contribution in [3.05, 3.63) is 89.5 Å². The van der Waals surface area contributed by atoms with Crippen molar-refractivity contribution in [2.24, 2.45) is 0 Å². The van der Waals surface area contributed by atoms with Crippen molar-refractivity contribution in [2.75, 3.05) is 0 Å². The molecule has 3 heteroatoms. The molecule has 0 N–H and O–H groups in total. The van der Waals surface area contributed by atoms with Crippen LogP contribution in [0.4, 0.5) is 4.39 Å². The third kappa shape index (κ3) is 2.70. The van der Waals surface area contributed by atoms with Crippen molar-refractivity contribution in [1.29, 1.82) is 0 Å². The quantitative estimate of drug-likeness (QED) is 0.846. The summed E-state index contributed by atoms with van der Waals surface area (Å²) in [5, 5.41) is 0. The van der Waals surface area contributed by atoms with Crippen LogP contribution in [0.2, 0.25) is 0 Å². The van der Waals surface area contributed by atoms with Crippen LogP contribution in [0.5, 0.6) is 0 Å². The summed E-state index contributed by atoms with van der Waals surface area (Å²) in [4.78, 5) is 12.3. The van der Waals surface area contributed by atoms with E-state index in [1.165, 1.54) is 18.2 Å². The summed E-state index contributed by atoms with van der Waals surface area (Å²) in [5.41, 5.74) is 0.678. The van der Waals surface area contributed by atoms with Crippen molar-refractivity contribution in [3.63, 3.8) is 0 Å². The van der Waals surface area contributed by atoms with E-state index in [1.807, 2.05) is 30.3 Å². The molecule has 1 aliphatic heterocycles. The van der Waals surface area contributed by atoms with Crippen LogP contribution in [-0.4, -0.2) is 5.78 Å². The van der Waals surface area contributed by atoms with E-state index in [0.717, 1.165) is 11.1 Å². The van der Waals surface area contributed by atoms with Crippen LogP contribution in [0.3, 0.4) is 0 Å². The molecule has 0 fully saturated rings. The zero-order valence-electron chi connectivity index (χ0n) is 12.1. The van der Waals surface area contributed by atoms with E-state index < -0.39 is 5.60 Å². The second-order valence-corrected chi connectivity index (χ2v) is 5.30. The van der Waals surface area contributed by atoms with Crippen LogP contribution < -0.4 is 0 Å². The largest absolute Gasteiger partial charge is 0.475 e. The van der Waals surface area contributed by atoms with Crippen molar-refractivity contribution in [1.82, 2.24) is 0 Å². The Balaban J connectivity index is 1.79. The Morgan fingerprint density at radius 1 is 1.00 bits per heavy atom. The zero-order valence-corrected chi connectivity index (χ0v) is 12.1. The van der Waals surface area contributed by atoms with Gasteiger partial charge in [0.25, 0.3) is 0 Å². The van der Waals surface area contributed by atoms with Crippen LogP contribution in [0.15, 0.2) is 72.5 Å². The Kier molecular flexibility index (Phi) is 3.63. The molecule has 22 heavy (non-hydrogen) atoms. The molecule has 1 unspecified atom stereocenters. The average Bonchev–Trinajstić information content (AvgIpc) is 2.84. The van der Waals surface area contributed by atoms with Crippen LogP contribution in [0, 0.1) is 5.82 Å². The number of halogens is 1. The molecule has 1 heterocycles. The molecule has 0 bridgehead atoms. The minimum Gasteiger partial charge on any atom is -0.475 e. The third-order valence-electron chi connectivity index (χ3n) is 3.70. The van der Waals surface area contributed by atoms with E-state index in [0.29, 0.717) is 5.76 Å². The molecule has 110 valence electrons. The van der Waals surface area contributed by atoms with E-state index in [-0.39, 0.29) is 11.6 Å². The summed E-state index contributed by atoms with van der Waals surface area (Å²) >= 11 is 0. The lowest BCUT2D eigenvalue weighted by Gasteiger charge is -2.23. The highest BCUT2D eigenvalue weighted by Gasteiger charge is 2.40. The monoisotopic (exact) mass is 294 g/mol. The molecule has 1 atom stereocenters. The Hall–Kier alpha value is -2.68. The van der Waals surface area contributed by atoms with Crippen molar-refractivity contribution >= 4 is 11.9 Å². The molecular formula is C19H15FO2. The normalized spacial score (nSPS) is 21.0. The number of hydrogen-bond donors (Lipinski definition) is 0. The van der Waals surface area contributed by atoms with Gasteiger partial charge in [-0.2, -0.15) is 0 Å². The summed E-state index contributed by atoms with van der Waals surface area (Å²) in [6, 6.07) is 15.5. The first-order valence-electron chi connectivity index (χ1n) is 7.02. The second-order valence-electron chi connectivity index (χ2n) is 5.30. The van der Waals surface area contributed by atoms with Gasteiger partial charge in [0.05, 0.1) is 0 Å². The molecule has 0 aliphatic carbocycles. The Morgan fingerprint density at radius 2 is 1.68 bits per heavy atom. The fraction of sp³-hybridized carbons (Fsp3) is 0.105. The molecule has 2 aromatic rings. The first-order chi connectivity index (χ1) is 10.6. The third-order valence-corrected chi connectivity index (χ3v) is 3.70. The average molecular weight is 294 g/mol. The van der Waals surface area contributed by atoms with Gasteiger partial charge in [0.15, 0.2) is 5.60 Å². The van der Waals surface area contributed by atoms with E-state index in [9.17, 15) is 9.18 Å². The van der Waals surface area contributed by atoms with Gasteiger partial charge in [-0.15, -0.1) is 0 Å². The number of ether oxygens (including phenoxy) is 1. The van der Waals surface area contributed by atoms with Gasteiger partial charge in [-0.25, -0.2) is 4.39 Å². The molecule has 0 saturated carbocycles. The molecule has 0 amide bonds. The van der Waals surface area contributed by atoms with Gasteiger partial charge >= 0.3 is 0 Å². The lowest BCUT2D eigenvalue weighted by Crippen LogP contribution is -2.29. The number of carbonyl (C=O) groups is 1. The van der Waals surface area contributed by atoms with Crippen molar-refractivity contribution < 1.29 is 13.9 Å². The molecule has 1 aliphatic rings. The van der Waals surface area contributed by atoms with Gasteiger partial charge < -0.3 is 4.74 Å². The smallest absolute Gasteiger partial charge is 0.207 e. The van der Waals surface area contributed by atoms with Gasteiger partial charge in [0.1, 0.15) is 11.6 Å². The van der Waals surface area contributed by atoms with E-state index in [2.05, 4.69) is 0 Å². The number of carbonyl (C=O) groups excluding carboxylic acids is 1. The first-order valence-corrected chi connectivity index (χ1v) is 7.02. The van der Waals surface area contributed by atoms with E-state index in [1.54, 1.807) is 31.2 Å². The molecule has 2 aromatic carbocycles. The Morgan fingerprint density at radius 3 is 2.36 bits per heavy atom. The van der Waals surface area contributed by atoms with Crippen LogP contribution in [0.1, 0.15) is 18.1 Å². The lowest BCUT2D eigenvalue weighted by atomic mass is 9.92. The summed E-state index contributed by atoms with van der Waals surface area (Å²) in [5.74, 6) is 0.137. The molecule has 0 aromatic heterocycles. The number of benzene rings is 2. The molecule has 0 radical (unpaired) electrons. The summed E-state index contributed by atoms with van der Waals surface area (Å²) in [6.45, 7) is 1.76. The fourth-order valence-electron chi connectivity index (χ4n) is 2.37. The van der Waals surface area contributed by atoms with Gasteiger partial charge in [-0.1, -0.05) is 48.5 Å². The van der Waals surface area contributed by atoms with Crippen LogP contribution in [-0.2, 0) is 15.1 Å². The summed E-state index contributed by atoms with van der Waals surface area (Å²) in [7, 11) is 0. The number of rotatable bonds is 3. The fourth-order valence-corrected chi connectivity index (χ4v) is 2.37. The maximum absolute atomic E-state index is 12.9. The standard InChI is InChI=1S/C19H15FO2/c1-19(15-5-3-2-4-6-15)18(21)13-17(22-19)12-9-14-7-10-16(20)11-8-14/h2-13H,1H3/b12-9+. The van der Waals surface area contributed by atoms with Crippen LogP contribution >= 0.6 is 0 Å². The van der Waals surface area contributed by atoms with E-state index in [4.69, 9.17) is 4.74 Å². The summed E-state index contributed by atoms with van der Waals surface area (Å²) < 4.78 is 18.7. The van der Waals surface area contributed by atoms with Crippen molar-refractivity contribution in [2.45, 2.75) is 12.5 Å². The first kappa shape index (κ1) is 14.3.